The van der Waals surface area contributed by atoms with Crippen molar-refractivity contribution in [2.45, 2.75) is 45.0 Å². The minimum atomic E-state index is -3.83. The highest BCUT2D eigenvalue weighted by Crippen LogP contribution is 2.28. The molecular weight excluding hydrogens is 198 g/mol. The van der Waals surface area contributed by atoms with Crippen LogP contribution in [-0.2, 0) is 0 Å². The van der Waals surface area contributed by atoms with E-state index in [1.165, 1.54) is 0 Å². The maximum absolute atomic E-state index is 12.3. The van der Waals surface area contributed by atoms with E-state index >= 15 is 0 Å². The van der Waals surface area contributed by atoms with E-state index in [-0.39, 0.29) is 6.42 Å². The minimum Gasteiger partial charge on any atom is -0.662 e. The molecule has 1 nitrogen and oxygen atoms in total. The van der Waals surface area contributed by atoms with Crippen molar-refractivity contribution in [3.63, 3.8) is 0 Å². The molecule has 0 aliphatic heterocycles. The SMILES string of the molecule is CCC[N-]CCCCC(F)(F)C(F)F. The van der Waals surface area contributed by atoms with Gasteiger partial charge in [-0.1, -0.05) is 19.8 Å². The Balaban J connectivity index is 3.35. The maximum atomic E-state index is 12.3. The monoisotopic (exact) mass is 214 g/mol. The second-order valence-electron chi connectivity index (χ2n) is 3.19. The Morgan fingerprint density at radius 2 is 1.79 bits per heavy atom. The lowest BCUT2D eigenvalue weighted by atomic mass is 10.1. The lowest BCUT2D eigenvalue weighted by Gasteiger charge is -2.19. The van der Waals surface area contributed by atoms with E-state index in [0.29, 0.717) is 19.5 Å². The van der Waals surface area contributed by atoms with Crippen molar-refractivity contribution in [2.24, 2.45) is 0 Å². The number of halogens is 4. The topological polar surface area (TPSA) is 14.1 Å². The van der Waals surface area contributed by atoms with E-state index in [0.717, 1.165) is 6.42 Å². The third-order valence-corrected chi connectivity index (χ3v) is 1.78. The van der Waals surface area contributed by atoms with Gasteiger partial charge in [-0.15, -0.1) is 13.1 Å². The van der Waals surface area contributed by atoms with Gasteiger partial charge in [-0.25, -0.2) is 17.6 Å². The summed E-state index contributed by atoms with van der Waals surface area (Å²) < 4.78 is 48.0. The van der Waals surface area contributed by atoms with Crippen LogP contribution in [0.25, 0.3) is 5.32 Å². The number of rotatable bonds is 8. The second-order valence-corrected chi connectivity index (χ2v) is 3.19. The summed E-state index contributed by atoms with van der Waals surface area (Å²) in [4.78, 5) is 0. The van der Waals surface area contributed by atoms with Gasteiger partial charge in [0.05, 0.1) is 0 Å². The molecule has 0 aromatic rings. The molecule has 0 saturated carbocycles. The molecule has 0 bridgehead atoms. The van der Waals surface area contributed by atoms with Gasteiger partial charge in [-0.05, 0) is 6.42 Å². The molecule has 0 aliphatic rings. The summed E-state index contributed by atoms with van der Waals surface area (Å²) >= 11 is 0. The predicted octanol–water partition coefficient (Wildman–Crippen LogP) is 3.84. The van der Waals surface area contributed by atoms with Crippen molar-refractivity contribution in [2.75, 3.05) is 13.1 Å². The van der Waals surface area contributed by atoms with E-state index < -0.39 is 18.8 Å². The molecule has 5 heteroatoms. The summed E-state index contributed by atoms with van der Waals surface area (Å²) in [5.74, 6) is -3.83. The van der Waals surface area contributed by atoms with Crippen molar-refractivity contribution in [1.82, 2.24) is 0 Å². The second kappa shape index (κ2) is 7.04. The van der Waals surface area contributed by atoms with Crippen LogP contribution in [0.5, 0.6) is 0 Å². The fourth-order valence-corrected chi connectivity index (χ4v) is 0.963. The zero-order chi connectivity index (χ0) is 11.0. The third kappa shape index (κ3) is 6.18. The first kappa shape index (κ1) is 13.7. The molecule has 0 aromatic carbocycles. The average Bonchev–Trinajstić information content (AvgIpc) is 2.10. The molecule has 0 aliphatic carbocycles. The molecule has 0 spiro atoms. The molecule has 0 amide bonds. The van der Waals surface area contributed by atoms with Crippen LogP contribution < -0.4 is 0 Å². The number of alkyl halides is 4. The Morgan fingerprint density at radius 1 is 1.14 bits per heavy atom. The van der Waals surface area contributed by atoms with Crippen LogP contribution in [-0.4, -0.2) is 25.4 Å². The Labute approximate surface area is 81.9 Å². The Hall–Kier alpha value is -0.320. The molecule has 0 aromatic heterocycles. The summed E-state index contributed by atoms with van der Waals surface area (Å²) in [6.07, 6.45) is -2.80. The molecule has 0 N–H and O–H groups in total. The van der Waals surface area contributed by atoms with E-state index in [4.69, 9.17) is 0 Å². The summed E-state index contributed by atoms with van der Waals surface area (Å²) in [6, 6.07) is 0. The normalized spacial score (nSPS) is 12.4. The molecular formula is C9H16F4N-. The van der Waals surface area contributed by atoms with Gasteiger partial charge >= 0.3 is 12.3 Å². The van der Waals surface area contributed by atoms with Gasteiger partial charge in [0.25, 0.3) is 0 Å². The van der Waals surface area contributed by atoms with E-state index in [2.05, 4.69) is 5.32 Å². The molecule has 0 atom stereocenters. The van der Waals surface area contributed by atoms with Crippen LogP contribution >= 0.6 is 0 Å². The van der Waals surface area contributed by atoms with Crippen molar-refractivity contribution < 1.29 is 17.6 Å². The molecule has 0 radical (unpaired) electrons. The average molecular weight is 214 g/mol. The van der Waals surface area contributed by atoms with Crippen molar-refractivity contribution >= 4 is 0 Å². The minimum absolute atomic E-state index is 0.102. The highest BCUT2D eigenvalue weighted by molar-refractivity contribution is 4.78. The molecule has 0 rings (SSSR count). The summed E-state index contributed by atoms with van der Waals surface area (Å²) in [7, 11) is 0. The van der Waals surface area contributed by atoms with Crippen LogP contribution in [0, 0.1) is 0 Å². The number of hydrogen-bond donors (Lipinski definition) is 0. The number of nitrogens with zero attached hydrogens (tertiary/aromatic N) is 1. The number of unbranched alkanes of at least 4 members (excludes halogenated alkanes) is 1. The highest BCUT2D eigenvalue weighted by Gasteiger charge is 2.39. The number of hydrogen-bond acceptors (Lipinski definition) is 0. The molecule has 0 fully saturated rings. The first-order chi connectivity index (χ1) is 6.50. The summed E-state index contributed by atoms with van der Waals surface area (Å²) in [5.41, 5.74) is 0. The first-order valence-corrected chi connectivity index (χ1v) is 4.80. The van der Waals surface area contributed by atoms with Crippen LogP contribution in [0.15, 0.2) is 0 Å². The summed E-state index contributed by atoms with van der Waals surface area (Å²) in [5, 5.41) is 4.02. The van der Waals surface area contributed by atoms with Crippen LogP contribution in [0.1, 0.15) is 32.6 Å². The Kier molecular flexibility index (Phi) is 6.87. The van der Waals surface area contributed by atoms with Crippen molar-refractivity contribution in [1.29, 1.82) is 0 Å². The van der Waals surface area contributed by atoms with Gasteiger partial charge in [-0.2, -0.15) is 0 Å². The van der Waals surface area contributed by atoms with Crippen molar-refractivity contribution in [3.05, 3.63) is 5.32 Å². The lowest BCUT2D eigenvalue weighted by Crippen LogP contribution is -2.26. The lowest BCUT2D eigenvalue weighted by molar-refractivity contribution is -0.133. The standard InChI is InChI=1S/C9H16F4N/c1-2-6-14-7-4-3-5-9(12,13)8(10)11/h8H,2-7H2,1H3/q-1. The van der Waals surface area contributed by atoms with Crippen molar-refractivity contribution in [3.8, 4) is 0 Å². The third-order valence-electron chi connectivity index (χ3n) is 1.78. The van der Waals surface area contributed by atoms with Gasteiger partial charge < -0.3 is 5.32 Å². The zero-order valence-electron chi connectivity index (χ0n) is 8.28. The van der Waals surface area contributed by atoms with E-state index in [1.54, 1.807) is 0 Å². The Morgan fingerprint density at radius 3 is 2.29 bits per heavy atom. The fourth-order valence-electron chi connectivity index (χ4n) is 0.963. The maximum Gasteiger partial charge on any atom is 0.307 e. The first-order valence-electron chi connectivity index (χ1n) is 4.80. The van der Waals surface area contributed by atoms with Crippen LogP contribution in [0.2, 0.25) is 0 Å². The van der Waals surface area contributed by atoms with Gasteiger partial charge in [0.2, 0.25) is 0 Å². The summed E-state index contributed by atoms with van der Waals surface area (Å²) in [6.45, 7) is 3.17. The highest BCUT2D eigenvalue weighted by atomic mass is 19.3. The van der Waals surface area contributed by atoms with Crippen LogP contribution in [0.4, 0.5) is 17.6 Å². The van der Waals surface area contributed by atoms with Gasteiger partial charge in [0.15, 0.2) is 0 Å². The van der Waals surface area contributed by atoms with E-state index in [1.807, 2.05) is 6.92 Å². The molecule has 0 heterocycles. The molecule has 0 saturated heterocycles. The Bertz CT molecular complexity index is 139. The largest absolute Gasteiger partial charge is 0.662 e. The van der Waals surface area contributed by atoms with Gasteiger partial charge in [0.1, 0.15) is 0 Å². The quantitative estimate of drug-likeness (QED) is 0.430. The smallest absolute Gasteiger partial charge is 0.307 e. The zero-order valence-corrected chi connectivity index (χ0v) is 8.28. The van der Waals surface area contributed by atoms with E-state index in [9.17, 15) is 17.6 Å². The van der Waals surface area contributed by atoms with Crippen LogP contribution in [0.3, 0.4) is 0 Å². The van der Waals surface area contributed by atoms with Gasteiger partial charge in [-0.3, -0.25) is 0 Å². The fraction of sp³-hybridized carbons (Fsp3) is 1.00. The molecule has 14 heavy (non-hydrogen) atoms. The molecule has 86 valence electrons. The predicted molar refractivity (Wildman–Crippen MR) is 48.2 cm³/mol. The van der Waals surface area contributed by atoms with Gasteiger partial charge in [0, 0.05) is 6.42 Å². The molecule has 0 unspecified atom stereocenters.